The Bertz CT molecular complexity index is 1160. The first-order valence-corrected chi connectivity index (χ1v) is 11.4. The van der Waals surface area contributed by atoms with Gasteiger partial charge in [0.2, 0.25) is 11.8 Å². The number of hydrogen-bond acceptors (Lipinski definition) is 5. The van der Waals surface area contributed by atoms with Crippen molar-refractivity contribution >= 4 is 41.0 Å². The first-order valence-electron chi connectivity index (χ1n) is 11.0. The Morgan fingerprint density at radius 3 is 2.41 bits per heavy atom. The largest absolute Gasteiger partial charge is 0.550 e. The van der Waals surface area contributed by atoms with Crippen LogP contribution in [0, 0.1) is 5.41 Å². The number of hydrogen-bond donors (Lipinski definition) is 1. The average molecular weight is 483 g/mol. The molecule has 2 aliphatic rings. The molecule has 4 rings (SSSR count). The van der Waals surface area contributed by atoms with E-state index in [1.54, 1.807) is 38.1 Å². The Balaban J connectivity index is 1.54. The molecule has 3 amide bonds. The zero-order valence-corrected chi connectivity index (χ0v) is 19.7. The number of aliphatic carboxylic acids is 1. The summed E-state index contributed by atoms with van der Waals surface area (Å²) in [6.45, 7) is 3.90. The van der Waals surface area contributed by atoms with Crippen molar-refractivity contribution in [3.63, 3.8) is 0 Å². The zero-order valence-electron chi connectivity index (χ0n) is 19.0. The van der Waals surface area contributed by atoms with Crippen LogP contribution in [0.1, 0.15) is 37.0 Å². The van der Waals surface area contributed by atoms with Gasteiger partial charge in [-0.25, -0.2) is 0 Å². The van der Waals surface area contributed by atoms with E-state index in [1.807, 2.05) is 18.2 Å². The molecule has 0 saturated carbocycles. The fraction of sp³-hybridized carbons (Fsp3) is 0.360. The fourth-order valence-corrected chi connectivity index (χ4v) is 4.60. The van der Waals surface area contributed by atoms with Crippen LogP contribution in [0.2, 0.25) is 5.02 Å². The van der Waals surface area contributed by atoms with E-state index in [1.165, 1.54) is 9.80 Å². The Morgan fingerprint density at radius 1 is 1.06 bits per heavy atom. The molecular weight excluding hydrogens is 458 g/mol. The van der Waals surface area contributed by atoms with Gasteiger partial charge in [0, 0.05) is 30.5 Å². The Kier molecular flexibility index (Phi) is 6.36. The number of carboxylic acids is 1. The summed E-state index contributed by atoms with van der Waals surface area (Å²) in [5.74, 6) is -2.11. The molecule has 178 valence electrons. The first kappa shape index (κ1) is 23.8. The predicted octanol–water partition coefficient (Wildman–Crippen LogP) is 2.17. The molecule has 0 radical (unpaired) electrons. The van der Waals surface area contributed by atoms with E-state index in [9.17, 15) is 24.3 Å². The van der Waals surface area contributed by atoms with E-state index in [2.05, 4.69) is 5.32 Å². The Morgan fingerprint density at radius 2 is 1.74 bits per heavy atom. The van der Waals surface area contributed by atoms with Crippen molar-refractivity contribution in [1.82, 2.24) is 9.80 Å². The summed E-state index contributed by atoms with van der Waals surface area (Å²) in [5.41, 5.74) is 1.75. The highest BCUT2D eigenvalue weighted by molar-refractivity contribution is 6.30. The van der Waals surface area contributed by atoms with Gasteiger partial charge in [0.1, 0.15) is 6.04 Å². The van der Waals surface area contributed by atoms with Crippen LogP contribution in [0.25, 0.3) is 11.1 Å². The van der Waals surface area contributed by atoms with Gasteiger partial charge in [0.05, 0.1) is 17.8 Å². The number of carbonyl (C=O) groups is 4. The molecule has 8 nitrogen and oxygen atoms in total. The maximum Gasteiger partial charge on any atom is 0.256 e. The van der Waals surface area contributed by atoms with Crippen LogP contribution in [0.5, 0.6) is 0 Å². The van der Waals surface area contributed by atoms with E-state index in [0.717, 1.165) is 11.1 Å². The van der Waals surface area contributed by atoms with Crippen molar-refractivity contribution in [3.05, 3.63) is 53.1 Å². The highest BCUT2D eigenvalue weighted by Gasteiger charge is 2.41. The number of carbonyl (C=O) groups excluding carboxylic acids is 4. The molecule has 2 heterocycles. The lowest BCUT2D eigenvalue weighted by atomic mass is 9.85. The van der Waals surface area contributed by atoms with Crippen molar-refractivity contribution in [2.24, 2.45) is 5.41 Å². The fourth-order valence-electron chi connectivity index (χ4n) is 4.47. The molecule has 1 atom stereocenters. The van der Waals surface area contributed by atoms with Crippen LogP contribution in [0.4, 0.5) is 5.69 Å². The summed E-state index contributed by atoms with van der Waals surface area (Å²) < 4.78 is 0. The number of carboxylic acid groups (broad SMARTS) is 1. The molecule has 0 spiro atoms. The molecule has 0 aromatic heterocycles. The van der Waals surface area contributed by atoms with Gasteiger partial charge in [-0.3, -0.25) is 14.4 Å². The molecule has 2 aliphatic heterocycles. The maximum atomic E-state index is 13.4. The number of nitrogens with zero attached hydrogens (tertiary/aromatic N) is 2. The van der Waals surface area contributed by atoms with E-state index in [0.29, 0.717) is 16.3 Å². The van der Waals surface area contributed by atoms with Crippen LogP contribution in [-0.2, 0) is 14.4 Å². The number of halogens is 1. The molecular formula is C25H25ClN3O5-. The second-order valence-electron chi connectivity index (χ2n) is 9.50. The lowest BCUT2D eigenvalue weighted by Gasteiger charge is -2.40. The molecule has 9 heteroatoms. The van der Waals surface area contributed by atoms with Gasteiger partial charge < -0.3 is 25.0 Å². The smallest absolute Gasteiger partial charge is 0.256 e. The summed E-state index contributed by atoms with van der Waals surface area (Å²) in [4.78, 5) is 53.3. The summed E-state index contributed by atoms with van der Waals surface area (Å²) in [6.07, 6.45) is -0.236. The molecule has 2 aromatic carbocycles. The van der Waals surface area contributed by atoms with E-state index in [-0.39, 0.29) is 50.2 Å². The zero-order chi connectivity index (χ0) is 24.6. The SMILES string of the molecule is CC(C)(CC(=O)[O-])CC(=O)N1CCN2C(=O)c3cc(-c4ccc(Cl)cc4)ccc3NC(=O)[C@H]2C1. The molecule has 0 aliphatic carbocycles. The van der Waals surface area contributed by atoms with Gasteiger partial charge in [-0.15, -0.1) is 0 Å². The highest BCUT2D eigenvalue weighted by Crippen LogP contribution is 2.31. The number of rotatable bonds is 5. The molecule has 0 bridgehead atoms. The van der Waals surface area contributed by atoms with E-state index >= 15 is 0 Å². The first-order chi connectivity index (χ1) is 16.0. The van der Waals surface area contributed by atoms with Crippen LogP contribution in [-0.4, -0.2) is 59.2 Å². The number of fused-ring (bicyclic) bond motifs is 2. The number of anilines is 1. The van der Waals surface area contributed by atoms with Crippen LogP contribution in [0.15, 0.2) is 42.5 Å². The molecule has 1 fully saturated rings. The highest BCUT2D eigenvalue weighted by atomic mass is 35.5. The summed E-state index contributed by atoms with van der Waals surface area (Å²) >= 11 is 5.98. The van der Waals surface area contributed by atoms with Gasteiger partial charge in [-0.1, -0.05) is 43.6 Å². The lowest BCUT2D eigenvalue weighted by Crippen LogP contribution is -2.59. The Labute approximate surface area is 202 Å². The second kappa shape index (κ2) is 9.10. The number of nitrogens with one attached hydrogen (secondary N) is 1. The van der Waals surface area contributed by atoms with Gasteiger partial charge in [0.15, 0.2) is 0 Å². The van der Waals surface area contributed by atoms with Crippen LogP contribution in [0.3, 0.4) is 0 Å². The third kappa shape index (κ3) is 4.92. The maximum absolute atomic E-state index is 13.4. The molecule has 34 heavy (non-hydrogen) atoms. The summed E-state index contributed by atoms with van der Waals surface area (Å²) in [6, 6.07) is 11.7. The van der Waals surface area contributed by atoms with Crippen molar-refractivity contribution in [1.29, 1.82) is 0 Å². The van der Waals surface area contributed by atoms with Crippen LogP contribution < -0.4 is 10.4 Å². The summed E-state index contributed by atoms with van der Waals surface area (Å²) in [7, 11) is 0. The van der Waals surface area contributed by atoms with Crippen LogP contribution >= 0.6 is 11.6 Å². The quantitative estimate of drug-likeness (QED) is 0.702. The standard InChI is InChI=1S/C25H26ClN3O5/c1-25(2,13-22(31)32)12-21(30)28-9-10-29-20(14-28)23(33)27-19-8-5-16(11-18(19)24(29)34)15-3-6-17(26)7-4-15/h3-8,11,20H,9-10,12-14H2,1-2H3,(H,27,33)(H,31,32)/p-1/t20-/m1/s1. The van der Waals surface area contributed by atoms with Crippen molar-refractivity contribution < 1.29 is 24.3 Å². The minimum atomic E-state index is -1.22. The molecule has 1 saturated heterocycles. The lowest BCUT2D eigenvalue weighted by molar-refractivity contribution is -0.307. The molecule has 0 unspecified atom stereocenters. The van der Waals surface area contributed by atoms with Crippen molar-refractivity contribution in [2.45, 2.75) is 32.7 Å². The topological polar surface area (TPSA) is 110 Å². The predicted molar refractivity (Wildman–Crippen MR) is 125 cm³/mol. The average Bonchev–Trinajstić information content (AvgIpc) is 2.87. The van der Waals surface area contributed by atoms with E-state index < -0.39 is 17.4 Å². The van der Waals surface area contributed by atoms with Gasteiger partial charge in [-0.05, 0) is 47.2 Å². The van der Waals surface area contributed by atoms with Crippen molar-refractivity contribution in [3.8, 4) is 11.1 Å². The number of benzene rings is 2. The minimum absolute atomic E-state index is 0.00788. The normalized spacial score (nSPS) is 18.0. The molecule has 1 N–H and O–H groups in total. The van der Waals surface area contributed by atoms with Gasteiger partial charge >= 0.3 is 0 Å². The Hall–Kier alpha value is -3.39. The number of piperazine rings is 1. The monoisotopic (exact) mass is 482 g/mol. The minimum Gasteiger partial charge on any atom is -0.550 e. The van der Waals surface area contributed by atoms with E-state index in [4.69, 9.17) is 11.6 Å². The molecule has 2 aromatic rings. The van der Waals surface area contributed by atoms with Gasteiger partial charge in [0.25, 0.3) is 5.91 Å². The van der Waals surface area contributed by atoms with Gasteiger partial charge in [-0.2, -0.15) is 0 Å². The third-order valence-corrected chi connectivity index (χ3v) is 6.49. The number of amides is 3. The van der Waals surface area contributed by atoms with Crippen molar-refractivity contribution in [2.75, 3.05) is 25.0 Å². The second-order valence-corrected chi connectivity index (χ2v) is 9.94. The third-order valence-electron chi connectivity index (χ3n) is 6.23. The summed E-state index contributed by atoms with van der Waals surface area (Å²) in [5, 5.41) is 14.4.